The largest absolute Gasteiger partial charge is 0.328 e. The van der Waals surface area contributed by atoms with Crippen LogP contribution in [0.5, 0.6) is 0 Å². The molecule has 2 aromatic heterocycles. The minimum atomic E-state index is -4.00. The molecule has 4 rings (SSSR count). The molecule has 1 aliphatic carbocycles. The molecule has 1 saturated carbocycles. The van der Waals surface area contributed by atoms with Gasteiger partial charge in [0.2, 0.25) is 17.7 Å². The zero-order valence-corrected chi connectivity index (χ0v) is 22.7. The Hall–Kier alpha value is -2.42. The van der Waals surface area contributed by atoms with Crippen LogP contribution in [0, 0.1) is 12.8 Å². The summed E-state index contributed by atoms with van der Waals surface area (Å²) in [6.45, 7) is 2.68. The Morgan fingerprint density at radius 1 is 1.17 bits per heavy atom. The van der Waals surface area contributed by atoms with Crippen molar-refractivity contribution in [2.24, 2.45) is 5.92 Å². The maximum atomic E-state index is 13.3. The molecule has 196 valence electrons. The molecule has 3 amide bonds. The number of nitrogens with zero attached hydrogens (tertiary/aromatic N) is 4. The highest BCUT2D eigenvalue weighted by Gasteiger charge is 2.40. The van der Waals surface area contributed by atoms with E-state index in [4.69, 9.17) is 0 Å². The van der Waals surface area contributed by atoms with Gasteiger partial charge in [-0.05, 0) is 19.3 Å². The predicted molar refractivity (Wildman–Crippen MR) is 137 cm³/mol. The molecule has 0 radical (unpaired) electrons. The second kappa shape index (κ2) is 11.3. The summed E-state index contributed by atoms with van der Waals surface area (Å²) >= 11 is 2.16. The summed E-state index contributed by atoms with van der Waals surface area (Å²) in [5.41, 5.74) is 0.261. The van der Waals surface area contributed by atoms with Crippen LogP contribution < -0.4 is 10.6 Å². The molecule has 2 aliphatic rings. The van der Waals surface area contributed by atoms with E-state index in [1.165, 1.54) is 29.6 Å². The molecule has 1 atom stereocenters. The Kier molecular flexibility index (Phi) is 8.37. The summed E-state index contributed by atoms with van der Waals surface area (Å²) in [4.78, 5) is 47.6. The molecule has 14 heteroatoms. The van der Waals surface area contributed by atoms with Crippen LogP contribution in [0.2, 0.25) is 0 Å². The van der Waals surface area contributed by atoms with E-state index in [1.807, 2.05) is 0 Å². The smallest absolute Gasteiger partial charge is 0.255 e. The first-order valence-corrected chi connectivity index (χ1v) is 15.0. The zero-order chi connectivity index (χ0) is 25.9. The normalized spacial score (nSPS) is 18.7. The van der Waals surface area contributed by atoms with Gasteiger partial charge in [0, 0.05) is 31.6 Å². The van der Waals surface area contributed by atoms with Gasteiger partial charge in [-0.2, -0.15) is 4.31 Å². The van der Waals surface area contributed by atoms with Crippen molar-refractivity contribution in [3.05, 3.63) is 17.3 Å². The number of piperazine rings is 1. The second-order valence-electron chi connectivity index (χ2n) is 9.08. The number of amides is 3. The third kappa shape index (κ3) is 6.10. The maximum Gasteiger partial charge on any atom is 0.255 e. The Labute approximate surface area is 218 Å². The molecular formula is C22H30N6O5S3. The Morgan fingerprint density at radius 3 is 2.56 bits per heavy atom. The van der Waals surface area contributed by atoms with Gasteiger partial charge >= 0.3 is 0 Å². The van der Waals surface area contributed by atoms with Crippen molar-refractivity contribution >= 4 is 60.7 Å². The average Bonchev–Trinajstić information content (AvgIpc) is 3.47. The van der Waals surface area contributed by atoms with Crippen molar-refractivity contribution in [2.45, 2.75) is 62.6 Å². The number of hydrogen-bond acceptors (Lipinski definition) is 9. The SMILES string of the molecule is CC(=O)Nc1nc(C)c(S(=O)(=O)N2CCN([C@@H](CC3CCCCC3)C(=O)Nc3nccs3)C(=O)C2)s1. The first kappa shape index (κ1) is 26.6. The number of aromatic nitrogens is 2. The number of aryl methyl sites for hydroxylation is 1. The third-order valence-corrected chi connectivity index (χ3v) is 10.6. The number of hydrogen-bond donors (Lipinski definition) is 2. The van der Waals surface area contributed by atoms with Crippen LogP contribution in [0.15, 0.2) is 15.8 Å². The van der Waals surface area contributed by atoms with Gasteiger partial charge in [0.1, 0.15) is 6.04 Å². The molecule has 2 aromatic rings. The molecule has 3 heterocycles. The van der Waals surface area contributed by atoms with Crippen LogP contribution in [0.3, 0.4) is 0 Å². The van der Waals surface area contributed by atoms with E-state index in [-0.39, 0.29) is 46.5 Å². The molecule has 2 N–H and O–H groups in total. The fourth-order valence-electron chi connectivity index (χ4n) is 4.73. The Balaban J connectivity index is 1.50. The van der Waals surface area contributed by atoms with E-state index in [2.05, 4.69) is 20.6 Å². The van der Waals surface area contributed by atoms with Crippen molar-refractivity contribution in [3.63, 3.8) is 0 Å². The Morgan fingerprint density at radius 2 is 1.92 bits per heavy atom. The number of thiazole rings is 2. The van der Waals surface area contributed by atoms with Crippen LogP contribution in [-0.4, -0.2) is 71.0 Å². The maximum absolute atomic E-state index is 13.3. The van der Waals surface area contributed by atoms with Gasteiger partial charge in [-0.1, -0.05) is 43.4 Å². The molecule has 1 aliphatic heterocycles. The molecule has 0 bridgehead atoms. The topological polar surface area (TPSA) is 142 Å². The molecule has 11 nitrogen and oxygen atoms in total. The highest BCUT2D eigenvalue weighted by Crippen LogP contribution is 2.32. The molecule has 36 heavy (non-hydrogen) atoms. The number of carbonyl (C=O) groups excluding carboxylic acids is 3. The van der Waals surface area contributed by atoms with Crippen molar-refractivity contribution in [2.75, 3.05) is 30.3 Å². The minimum Gasteiger partial charge on any atom is -0.328 e. The minimum absolute atomic E-state index is 0.00670. The number of nitrogens with one attached hydrogen (secondary N) is 2. The quantitative estimate of drug-likeness (QED) is 0.511. The van der Waals surface area contributed by atoms with Gasteiger partial charge < -0.3 is 15.5 Å². The molecular weight excluding hydrogens is 524 g/mol. The lowest BCUT2D eigenvalue weighted by molar-refractivity contribution is -0.142. The van der Waals surface area contributed by atoms with Crippen LogP contribution >= 0.6 is 22.7 Å². The fourth-order valence-corrected chi connectivity index (χ4v) is 8.24. The summed E-state index contributed by atoms with van der Waals surface area (Å²) in [6, 6.07) is -0.689. The summed E-state index contributed by atoms with van der Waals surface area (Å²) in [5, 5.41) is 7.75. The van der Waals surface area contributed by atoms with E-state index >= 15 is 0 Å². The molecule has 2 fully saturated rings. The summed E-state index contributed by atoms with van der Waals surface area (Å²) < 4.78 is 27.8. The lowest BCUT2D eigenvalue weighted by Crippen LogP contribution is -2.58. The second-order valence-corrected chi connectivity index (χ2v) is 13.1. The van der Waals surface area contributed by atoms with Gasteiger partial charge in [-0.25, -0.2) is 18.4 Å². The number of carbonyl (C=O) groups is 3. The number of rotatable bonds is 8. The summed E-state index contributed by atoms with van der Waals surface area (Å²) in [7, 11) is -4.00. The lowest BCUT2D eigenvalue weighted by atomic mass is 9.84. The van der Waals surface area contributed by atoms with Crippen LogP contribution in [0.1, 0.15) is 51.1 Å². The van der Waals surface area contributed by atoms with Crippen LogP contribution in [0.25, 0.3) is 0 Å². The van der Waals surface area contributed by atoms with Gasteiger partial charge in [-0.3, -0.25) is 14.4 Å². The predicted octanol–water partition coefficient (Wildman–Crippen LogP) is 2.68. The van der Waals surface area contributed by atoms with E-state index < -0.39 is 22.0 Å². The molecule has 0 aromatic carbocycles. The zero-order valence-electron chi connectivity index (χ0n) is 20.2. The monoisotopic (exact) mass is 554 g/mol. The summed E-state index contributed by atoms with van der Waals surface area (Å²) in [5.74, 6) is -0.716. The molecule has 0 spiro atoms. The van der Waals surface area contributed by atoms with Gasteiger partial charge in [-0.15, -0.1) is 11.3 Å². The van der Waals surface area contributed by atoms with Crippen molar-refractivity contribution in [3.8, 4) is 0 Å². The lowest BCUT2D eigenvalue weighted by Gasteiger charge is -2.39. The van der Waals surface area contributed by atoms with E-state index in [9.17, 15) is 22.8 Å². The standard InChI is InChI=1S/C22H30N6O5S3/c1-14-20(35-22(24-14)25-15(2)29)36(32,33)27-9-10-28(18(30)13-27)17(12-16-6-4-3-5-7-16)19(31)26-21-23-8-11-34-21/h8,11,16-17H,3-7,9-10,12-13H2,1-2H3,(H,23,26,31)(H,24,25,29)/t17-/m0/s1. The molecule has 1 saturated heterocycles. The van der Waals surface area contributed by atoms with Gasteiger partial charge in [0.25, 0.3) is 10.0 Å². The van der Waals surface area contributed by atoms with Crippen molar-refractivity contribution < 1.29 is 22.8 Å². The fraction of sp³-hybridized carbons (Fsp3) is 0.591. The highest BCUT2D eigenvalue weighted by atomic mass is 32.2. The van der Waals surface area contributed by atoms with Crippen LogP contribution in [-0.2, 0) is 24.4 Å². The van der Waals surface area contributed by atoms with Crippen molar-refractivity contribution in [1.82, 2.24) is 19.2 Å². The molecule has 0 unspecified atom stereocenters. The average molecular weight is 555 g/mol. The first-order valence-electron chi connectivity index (χ1n) is 11.9. The Bertz CT molecular complexity index is 1210. The van der Waals surface area contributed by atoms with E-state index in [0.29, 0.717) is 17.5 Å². The first-order chi connectivity index (χ1) is 17.1. The van der Waals surface area contributed by atoms with Gasteiger partial charge in [0.05, 0.1) is 12.2 Å². The van der Waals surface area contributed by atoms with Gasteiger partial charge in [0.15, 0.2) is 14.5 Å². The van der Waals surface area contributed by atoms with Crippen molar-refractivity contribution in [1.29, 1.82) is 0 Å². The van der Waals surface area contributed by atoms with E-state index in [0.717, 1.165) is 41.3 Å². The highest BCUT2D eigenvalue weighted by molar-refractivity contribution is 7.91. The summed E-state index contributed by atoms with van der Waals surface area (Å²) in [6.07, 6.45) is 7.59. The number of sulfonamides is 1. The van der Waals surface area contributed by atoms with Crippen LogP contribution in [0.4, 0.5) is 10.3 Å². The number of anilines is 2. The third-order valence-electron chi connectivity index (χ3n) is 6.46. The van der Waals surface area contributed by atoms with E-state index in [1.54, 1.807) is 18.5 Å².